The molecule has 4 nitrogen and oxygen atoms in total. The van der Waals surface area contributed by atoms with E-state index in [1.54, 1.807) is 18.2 Å². The van der Waals surface area contributed by atoms with Crippen LogP contribution < -0.4 is 4.74 Å². The molecule has 0 spiro atoms. The van der Waals surface area contributed by atoms with Crippen molar-refractivity contribution in [2.24, 2.45) is 0 Å². The number of methoxy groups -OCH3 is 1. The lowest BCUT2D eigenvalue weighted by molar-refractivity contribution is 0.378. The van der Waals surface area contributed by atoms with Crippen LogP contribution in [0.4, 0.5) is 0 Å². The molecule has 0 amide bonds. The summed E-state index contributed by atoms with van der Waals surface area (Å²) in [6.45, 7) is 3.58. The molecule has 15 heavy (non-hydrogen) atoms. The van der Waals surface area contributed by atoms with Gasteiger partial charge in [0.2, 0.25) is 0 Å². The molecule has 0 aliphatic carbocycles. The van der Waals surface area contributed by atoms with E-state index in [1.165, 1.54) is 13.2 Å². The van der Waals surface area contributed by atoms with Crippen molar-refractivity contribution in [3.8, 4) is 5.75 Å². The molecule has 0 aliphatic rings. The molecule has 0 radical (unpaired) electrons. The van der Waals surface area contributed by atoms with Gasteiger partial charge in [0.05, 0.1) is 14.2 Å². The zero-order valence-corrected chi connectivity index (χ0v) is 9.37. The van der Waals surface area contributed by atoms with Crippen LogP contribution in [0.15, 0.2) is 29.7 Å². The molecule has 5 heteroatoms. The molecule has 1 aromatic rings. The van der Waals surface area contributed by atoms with Gasteiger partial charge in [0.1, 0.15) is 10.6 Å². The Morgan fingerprint density at radius 3 is 2.47 bits per heavy atom. The molecule has 0 aromatic heterocycles. The van der Waals surface area contributed by atoms with Gasteiger partial charge in [-0.3, -0.25) is 4.18 Å². The average Bonchev–Trinajstić information content (AvgIpc) is 2.28. The maximum atomic E-state index is 11.5. The van der Waals surface area contributed by atoms with E-state index < -0.39 is 10.1 Å². The van der Waals surface area contributed by atoms with E-state index in [4.69, 9.17) is 4.74 Å². The van der Waals surface area contributed by atoms with Crippen LogP contribution in [0.3, 0.4) is 0 Å². The van der Waals surface area contributed by atoms with Crippen molar-refractivity contribution in [2.75, 3.05) is 14.2 Å². The summed E-state index contributed by atoms with van der Waals surface area (Å²) in [6, 6.07) is 4.63. The molecule has 1 aromatic carbocycles. The molecule has 82 valence electrons. The number of hydrogen-bond donors (Lipinski definition) is 0. The summed E-state index contributed by atoms with van der Waals surface area (Å²) in [5, 5.41) is 0. The van der Waals surface area contributed by atoms with Crippen molar-refractivity contribution in [3.63, 3.8) is 0 Å². The Balaban J connectivity index is 3.38. The van der Waals surface area contributed by atoms with Crippen LogP contribution in [-0.2, 0) is 14.3 Å². The normalized spacial score (nSPS) is 11.1. The van der Waals surface area contributed by atoms with Crippen molar-refractivity contribution >= 4 is 16.2 Å². The van der Waals surface area contributed by atoms with Gasteiger partial charge >= 0.3 is 0 Å². The van der Waals surface area contributed by atoms with Crippen molar-refractivity contribution in [1.82, 2.24) is 0 Å². The van der Waals surface area contributed by atoms with Crippen LogP contribution in [0.5, 0.6) is 5.75 Å². The number of benzene rings is 1. The largest absolute Gasteiger partial charge is 0.495 e. The van der Waals surface area contributed by atoms with E-state index in [2.05, 4.69) is 10.8 Å². The highest BCUT2D eigenvalue weighted by molar-refractivity contribution is 7.86. The van der Waals surface area contributed by atoms with Gasteiger partial charge in [-0.15, -0.1) is 0 Å². The molecule has 0 saturated heterocycles. The molecule has 0 atom stereocenters. The average molecular weight is 228 g/mol. The molecular weight excluding hydrogens is 216 g/mol. The van der Waals surface area contributed by atoms with E-state index in [9.17, 15) is 8.42 Å². The topological polar surface area (TPSA) is 52.6 Å². The molecule has 0 aliphatic heterocycles. The van der Waals surface area contributed by atoms with Crippen molar-refractivity contribution in [3.05, 3.63) is 30.3 Å². The number of hydrogen-bond acceptors (Lipinski definition) is 4. The summed E-state index contributed by atoms with van der Waals surface area (Å²) < 4.78 is 32.3. The Morgan fingerprint density at radius 2 is 2.00 bits per heavy atom. The SMILES string of the molecule is C=Cc1ccc(S(=O)(=O)OC)c(OC)c1. The Morgan fingerprint density at radius 1 is 1.33 bits per heavy atom. The van der Waals surface area contributed by atoms with E-state index >= 15 is 0 Å². The third-order valence-corrected chi connectivity index (χ3v) is 3.23. The van der Waals surface area contributed by atoms with Crippen LogP contribution in [0.1, 0.15) is 5.56 Å². The van der Waals surface area contributed by atoms with E-state index in [1.807, 2.05) is 0 Å². The van der Waals surface area contributed by atoms with Crippen LogP contribution in [0.25, 0.3) is 6.08 Å². The van der Waals surface area contributed by atoms with Gasteiger partial charge in [-0.25, -0.2) is 0 Å². The van der Waals surface area contributed by atoms with Gasteiger partial charge in [-0.1, -0.05) is 18.7 Å². The zero-order chi connectivity index (χ0) is 11.5. The minimum absolute atomic E-state index is 0.0121. The smallest absolute Gasteiger partial charge is 0.300 e. The van der Waals surface area contributed by atoms with Crippen LogP contribution in [0, 0.1) is 0 Å². The summed E-state index contributed by atoms with van der Waals surface area (Å²) >= 11 is 0. The molecular formula is C10H12O4S. The van der Waals surface area contributed by atoms with Crippen LogP contribution in [-0.4, -0.2) is 22.6 Å². The minimum Gasteiger partial charge on any atom is -0.495 e. The third kappa shape index (κ3) is 2.37. The lowest BCUT2D eigenvalue weighted by Crippen LogP contribution is -2.05. The highest BCUT2D eigenvalue weighted by atomic mass is 32.2. The predicted octanol–water partition coefficient (Wildman–Crippen LogP) is 1.67. The number of ether oxygens (including phenoxy) is 1. The van der Waals surface area contributed by atoms with Gasteiger partial charge < -0.3 is 4.74 Å². The standard InChI is InChI=1S/C10H12O4S/c1-4-8-5-6-10(9(7-8)13-2)15(11,12)14-3/h4-7H,1H2,2-3H3. The van der Waals surface area contributed by atoms with Crippen molar-refractivity contribution in [1.29, 1.82) is 0 Å². The second kappa shape index (κ2) is 4.46. The van der Waals surface area contributed by atoms with Crippen molar-refractivity contribution < 1.29 is 17.3 Å². The minimum atomic E-state index is -3.73. The summed E-state index contributed by atoms with van der Waals surface area (Å²) in [4.78, 5) is 0.0121. The van der Waals surface area contributed by atoms with Gasteiger partial charge in [-0.2, -0.15) is 8.42 Å². The fourth-order valence-corrected chi connectivity index (χ4v) is 1.91. The molecule has 0 bridgehead atoms. The molecule has 0 unspecified atom stereocenters. The summed E-state index contributed by atoms with van der Waals surface area (Å²) in [6.07, 6.45) is 1.60. The summed E-state index contributed by atoms with van der Waals surface area (Å²) in [7, 11) is -1.22. The van der Waals surface area contributed by atoms with E-state index in [0.717, 1.165) is 12.7 Å². The molecule has 0 saturated carbocycles. The van der Waals surface area contributed by atoms with Gasteiger partial charge in [0.25, 0.3) is 10.1 Å². The Labute approximate surface area is 89.3 Å². The lowest BCUT2D eigenvalue weighted by atomic mass is 10.2. The van der Waals surface area contributed by atoms with Gasteiger partial charge in [0.15, 0.2) is 0 Å². The maximum Gasteiger partial charge on any atom is 0.300 e. The molecule has 0 fully saturated rings. The van der Waals surface area contributed by atoms with Gasteiger partial charge in [-0.05, 0) is 17.7 Å². The van der Waals surface area contributed by atoms with Gasteiger partial charge in [0, 0.05) is 0 Å². The second-order valence-corrected chi connectivity index (χ2v) is 4.42. The molecule has 0 heterocycles. The highest BCUT2D eigenvalue weighted by Crippen LogP contribution is 2.26. The quantitative estimate of drug-likeness (QED) is 0.736. The highest BCUT2D eigenvalue weighted by Gasteiger charge is 2.18. The Hall–Kier alpha value is -1.33. The first-order chi connectivity index (χ1) is 7.05. The Kier molecular flexibility index (Phi) is 3.49. The monoisotopic (exact) mass is 228 g/mol. The fraction of sp³-hybridized carbons (Fsp3) is 0.200. The van der Waals surface area contributed by atoms with Crippen molar-refractivity contribution in [2.45, 2.75) is 4.90 Å². The first-order valence-corrected chi connectivity index (χ1v) is 5.57. The lowest BCUT2D eigenvalue weighted by Gasteiger charge is -2.08. The Bertz CT molecular complexity index is 462. The van der Waals surface area contributed by atoms with Crippen LogP contribution >= 0.6 is 0 Å². The third-order valence-electron chi connectivity index (χ3n) is 1.91. The summed E-state index contributed by atoms with van der Waals surface area (Å²) in [5.41, 5.74) is 0.780. The first-order valence-electron chi connectivity index (χ1n) is 4.16. The molecule has 1 rings (SSSR count). The van der Waals surface area contributed by atoms with E-state index in [0.29, 0.717) is 0 Å². The second-order valence-electron chi connectivity index (χ2n) is 2.74. The fourth-order valence-electron chi connectivity index (χ4n) is 1.11. The first kappa shape index (κ1) is 11.7. The molecule has 0 N–H and O–H groups in total. The predicted molar refractivity (Wildman–Crippen MR) is 57.3 cm³/mol. The van der Waals surface area contributed by atoms with E-state index in [-0.39, 0.29) is 10.6 Å². The maximum absolute atomic E-state index is 11.5. The van der Waals surface area contributed by atoms with Crippen LogP contribution in [0.2, 0.25) is 0 Å². The zero-order valence-electron chi connectivity index (χ0n) is 8.56. The summed E-state index contributed by atoms with van der Waals surface area (Å²) in [5.74, 6) is 0.245. The number of rotatable bonds is 4.